The molecule has 0 amide bonds. The minimum Gasteiger partial charge on any atom is -0.497 e. The smallest absolute Gasteiger partial charge is 0.148 e. The predicted molar refractivity (Wildman–Crippen MR) is 84.2 cm³/mol. The van der Waals surface area contributed by atoms with Gasteiger partial charge >= 0.3 is 0 Å². The molecule has 0 aliphatic carbocycles. The summed E-state index contributed by atoms with van der Waals surface area (Å²) in [6.45, 7) is 2.77. The zero-order valence-corrected chi connectivity index (χ0v) is 12.4. The van der Waals surface area contributed by atoms with Crippen molar-refractivity contribution in [1.29, 1.82) is 0 Å². The lowest BCUT2D eigenvalue weighted by molar-refractivity contribution is 0.414. The van der Waals surface area contributed by atoms with Gasteiger partial charge in [-0.2, -0.15) is 0 Å². The van der Waals surface area contributed by atoms with Gasteiger partial charge in [-0.15, -0.1) is 0 Å². The Morgan fingerprint density at radius 1 is 1.24 bits per heavy atom. The molecule has 0 spiro atoms. The summed E-state index contributed by atoms with van der Waals surface area (Å²) in [7, 11) is 1.66. The third-order valence-electron chi connectivity index (χ3n) is 3.18. The fourth-order valence-corrected chi connectivity index (χ4v) is 2.14. The van der Waals surface area contributed by atoms with Crippen molar-refractivity contribution in [1.82, 2.24) is 9.97 Å². The summed E-state index contributed by atoms with van der Waals surface area (Å²) in [4.78, 5) is 8.47. The lowest BCUT2D eigenvalue weighted by Crippen LogP contribution is -2.14. The third kappa shape index (κ3) is 3.82. The molecule has 0 radical (unpaired) electrons. The summed E-state index contributed by atoms with van der Waals surface area (Å²) < 4.78 is 5.23. The molecule has 1 aromatic heterocycles. The van der Waals surface area contributed by atoms with Gasteiger partial charge in [0.1, 0.15) is 23.7 Å². The van der Waals surface area contributed by atoms with Gasteiger partial charge in [0.25, 0.3) is 0 Å². The number of nitrogens with zero attached hydrogens (tertiary/aromatic N) is 2. The second kappa shape index (κ2) is 7.44. The first-order chi connectivity index (χ1) is 10.3. The minimum atomic E-state index is 0.662. The second-order valence-corrected chi connectivity index (χ2v) is 4.65. The van der Waals surface area contributed by atoms with Crippen molar-refractivity contribution >= 4 is 11.6 Å². The first kappa shape index (κ1) is 15.1. The Morgan fingerprint density at radius 3 is 2.76 bits per heavy atom. The molecular formula is C15H21N5O. The maximum Gasteiger partial charge on any atom is 0.148 e. The van der Waals surface area contributed by atoms with Crippen LogP contribution in [0, 0.1) is 0 Å². The number of hydrogen-bond donors (Lipinski definition) is 3. The summed E-state index contributed by atoms with van der Waals surface area (Å²) in [6, 6.07) is 7.93. The molecule has 1 heterocycles. The lowest BCUT2D eigenvalue weighted by atomic mass is 10.1. The maximum atomic E-state index is 5.51. The van der Waals surface area contributed by atoms with Crippen LogP contribution in [0.2, 0.25) is 0 Å². The van der Waals surface area contributed by atoms with Crippen molar-refractivity contribution in [2.45, 2.75) is 26.3 Å². The van der Waals surface area contributed by atoms with Crippen molar-refractivity contribution in [3.05, 3.63) is 41.7 Å². The van der Waals surface area contributed by atoms with Crippen molar-refractivity contribution in [2.75, 3.05) is 17.9 Å². The number of hydrazine groups is 1. The van der Waals surface area contributed by atoms with E-state index in [-0.39, 0.29) is 0 Å². The van der Waals surface area contributed by atoms with Gasteiger partial charge in [0, 0.05) is 12.1 Å². The molecule has 6 heteroatoms. The highest BCUT2D eigenvalue weighted by molar-refractivity contribution is 5.57. The normalized spacial score (nSPS) is 10.2. The number of hydrogen-bond acceptors (Lipinski definition) is 6. The highest BCUT2D eigenvalue weighted by Crippen LogP contribution is 2.22. The van der Waals surface area contributed by atoms with E-state index in [1.54, 1.807) is 7.11 Å². The average Bonchev–Trinajstić information content (AvgIpc) is 2.54. The van der Waals surface area contributed by atoms with E-state index in [1.165, 1.54) is 6.33 Å². The van der Waals surface area contributed by atoms with Crippen LogP contribution in [0.5, 0.6) is 5.75 Å². The maximum absolute atomic E-state index is 5.51. The Kier molecular flexibility index (Phi) is 5.34. The van der Waals surface area contributed by atoms with Crippen molar-refractivity contribution in [3.8, 4) is 5.75 Å². The van der Waals surface area contributed by atoms with Gasteiger partial charge in [-0.3, -0.25) is 0 Å². The predicted octanol–water partition coefficient (Wildman–Crippen LogP) is 2.34. The number of nitrogens with two attached hydrogens (primary N) is 1. The molecule has 0 unspecified atom stereocenters. The largest absolute Gasteiger partial charge is 0.497 e. The van der Waals surface area contributed by atoms with Gasteiger partial charge in [-0.1, -0.05) is 25.5 Å². The number of nitrogens with one attached hydrogen (secondary N) is 2. The fraction of sp³-hybridized carbons (Fsp3) is 0.333. The van der Waals surface area contributed by atoms with E-state index < -0.39 is 0 Å². The van der Waals surface area contributed by atoms with E-state index in [1.807, 2.05) is 24.3 Å². The van der Waals surface area contributed by atoms with Crippen molar-refractivity contribution < 1.29 is 4.74 Å². The monoisotopic (exact) mass is 287 g/mol. The molecular weight excluding hydrogens is 266 g/mol. The van der Waals surface area contributed by atoms with Gasteiger partial charge in [-0.05, 0) is 24.1 Å². The van der Waals surface area contributed by atoms with Crippen LogP contribution in [0.1, 0.15) is 24.5 Å². The number of aromatic nitrogens is 2. The van der Waals surface area contributed by atoms with Gasteiger partial charge < -0.3 is 15.5 Å². The third-order valence-corrected chi connectivity index (χ3v) is 3.18. The molecule has 0 atom stereocenters. The minimum absolute atomic E-state index is 0.662. The summed E-state index contributed by atoms with van der Waals surface area (Å²) in [5, 5.41) is 3.34. The Bertz CT molecular complexity index is 588. The van der Waals surface area contributed by atoms with Crippen LogP contribution in [-0.2, 0) is 13.0 Å². The number of nitrogen functional groups attached to an aromatic ring is 1. The summed E-state index contributed by atoms with van der Waals surface area (Å²) >= 11 is 0. The number of ether oxygens (including phenoxy) is 1. The molecule has 6 nitrogen and oxygen atoms in total. The van der Waals surface area contributed by atoms with Crippen LogP contribution < -0.4 is 21.3 Å². The van der Waals surface area contributed by atoms with Gasteiger partial charge in [0.2, 0.25) is 0 Å². The van der Waals surface area contributed by atoms with Crippen LogP contribution >= 0.6 is 0 Å². The van der Waals surface area contributed by atoms with E-state index in [0.717, 1.165) is 35.5 Å². The molecule has 0 aliphatic rings. The van der Waals surface area contributed by atoms with Crippen LogP contribution in [0.4, 0.5) is 11.6 Å². The van der Waals surface area contributed by atoms with E-state index in [9.17, 15) is 0 Å². The fourth-order valence-electron chi connectivity index (χ4n) is 2.14. The molecule has 4 N–H and O–H groups in total. The number of methoxy groups -OCH3 is 1. The standard InChI is InChI=1S/C15H21N5O/c1-3-5-13-14(18-10-19-15(13)20-16)17-9-11-6-4-7-12(8-11)21-2/h4,6-8,10H,3,5,9,16H2,1-2H3,(H2,17,18,19,20). The molecule has 0 saturated heterocycles. The Morgan fingerprint density at radius 2 is 2.05 bits per heavy atom. The van der Waals surface area contributed by atoms with E-state index in [4.69, 9.17) is 10.6 Å². The topological polar surface area (TPSA) is 85.1 Å². The van der Waals surface area contributed by atoms with E-state index in [0.29, 0.717) is 12.4 Å². The second-order valence-electron chi connectivity index (χ2n) is 4.65. The van der Waals surface area contributed by atoms with Gasteiger partial charge in [-0.25, -0.2) is 15.8 Å². The molecule has 112 valence electrons. The molecule has 0 aliphatic heterocycles. The Labute approximate surface area is 124 Å². The van der Waals surface area contributed by atoms with Crippen LogP contribution in [0.15, 0.2) is 30.6 Å². The average molecular weight is 287 g/mol. The molecule has 0 saturated carbocycles. The highest BCUT2D eigenvalue weighted by atomic mass is 16.5. The zero-order valence-electron chi connectivity index (χ0n) is 12.4. The number of anilines is 2. The van der Waals surface area contributed by atoms with E-state index in [2.05, 4.69) is 27.6 Å². The highest BCUT2D eigenvalue weighted by Gasteiger charge is 2.09. The van der Waals surface area contributed by atoms with Crippen molar-refractivity contribution in [3.63, 3.8) is 0 Å². The van der Waals surface area contributed by atoms with E-state index >= 15 is 0 Å². The first-order valence-corrected chi connectivity index (χ1v) is 6.95. The molecule has 21 heavy (non-hydrogen) atoms. The SMILES string of the molecule is CCCc1c(NN)ncnc1NCc1cccc(OC)c1. The van der Waals surface area contributed by atoms with Gasteiger partial charge in [0.15, 0.2) is 0 Å². The molecule has 2 aromatic rings. The summed E-state index contributed by atoms with van der Waals surface area (Å²) in [6.07, 6.45) is 3.36. The number of benzene rings is 1. The molecule has 2 rings (SSSR count). The van der Waals surface area contributed by atoms with Crippen LogP contribution in [0.25, 0.3) is 0 Å². The Hall–Kier alpha value is -2.34. The Balaban J connectivity index is 2.15. The molecule has 0 fully saturated rings. The van der Waals surface area contributed by atoms with Crippen molar-refractivity contribution in [2.24, 2.45) is 5.84 Å². The summed E-state index contributed by atoms with van der Waals surface area (Å²) in [5.74, 6) is 7.83. The zero-order chi connectivity index (χ0) is 15.1. The number of rotatable bonds is 7. The van der Waals surface area contributed by atoms with Crippen LogP contribution in [-0.4, -0.2) is 17.1 Å². The molecule has 0 bridgehead atoms. The summed E-state index contributed by atoms with van der Waals surface area (Å²) in [5.41, 5.74) is 4.75. The lowest BCUT2D eigenvalue weighted by Gasteiger charge is -2.13. The molecule has 1 aromatic carbocycles. The van der Waals surface area contributed by atoms with Crippen LogP contribution in [0.3, 0.4) is 0 Å². The van der Waals surface area contributed by atoms with Gasteiger partial charge in [0.05, 0.1) is 7.11 Å². The first-order valence-electron chi connectivity index (χ1n) is 6.95. The quantitative estimate of drug-likeness (QED) is 0.535.